The second kappa shape index (κ2) is 8.90. The minimum absolute atomic E-state index is 0.0327. The predicted octanol–water partition coefficient (Wildman–Crippen LogP) is 2.72. The van der Waals surface area contributed by atoms with Crippen LogP contribution in [0, 0.1) is 34.6 Å². The van der Waals surface area contributed by atoms with Crippen molar-refractivity contribution in [3.8, 4) is 0 Å². The van der Waals surface area contributed by atoms with E-state index in [4.69, 9.17) is 5.11 Å². The molecule has 0 saturated carbocycles. The summed E-state index contributed by atoms with van der Waals surface area (Å²) in [5, 5.41) is 18.5. The summed E-state index contributed by atoms with van der Waals surface area (Å²) >= 11 is 0. The SMILES string of the molecule is Cc1cc(C)c(C(=O)c2c(C)cc(C)cc2C=[P+]([O-])CC(O)CO)c(C)c1. The highest BCUT2D eigenvalue weighted by molar-refractivity contribution is 7.50. The summed E-state index contributed by atoms with van der Waals surface area (Å²) in [6, 6.07) is 7.77. The van der Waals surface area contributed by atoms with Gasteiger partial charge in [-0.15, -0.1) is 0 Å². The van der Waals surface area contributed by atoms with E-state index >= 15 is 0 Å². The first kappa shape index (κ1) is 21.5. The molecule has 0 spiro atoms. The van der Waals surface area contributed by atoms with E-state index in [2.05, 4.69) is 0 Å². The van der Waals surface area contributed by atoms with Crippen LogP contribution in [-0.2, 0) is 0 Å². The smallest absolute Gasteiger partial charge is 0.194 e. The van der Waals surface area contributed by atoms with Crippen LogP contribution < -0.4 is 4.89 Å². The third-order valence-corrected chi connectivity index (χ3v) is 5.87. The van der Waals surface area contributed by atoms with Crippen LogP contribution in [0.25, 0.3) is 0 Å². The minimum atomic E-state index is -1.89. The van der Waals surface area contributed by atoms with Crippen molar-refractivity contribution in [3.63, 3.8) is 0 Å². The standard InChI is InChI=1S/C22H27O4P/c1-13-6-15(3)20(16(4)7-13)22(25)21-17(5)8-14(2)9-18(21)11-27(26)12-19(24)10-23/h6-9,11,19,23-24H,10,12H2,1-5H3. The van der Waals surface area contributed by atoms with Crippen molar-refractivity contribution in [2.75, 3.05) is 12.8 Å². The van der Waals surface area contributed by atoms with Crippen LogP contribution >= 0.6 is 7.77 Å². The van der Waals surface area contributed by atoms with Crippen molar-refractivity contribution < 1.29 is 19.9 Å². The van der Waals surface area contributed by atoms with E-state index in [0.717, 1.165) is 27.8 Å². The van der Waals surface area contributed by atoms with Crippen LogP contribution in [0.1, 0.15) is 49.3 Å². The molecule has 0 bridgehead atoms. The molecule has 0 amide bonds. The van der Waals surface area contributed by atoms with Crippen LogP contribution in [0.3, 0.4) is 0 Å². The molecule has 0 aromatic heterocycles. The zero-order chi connectivity index (χ0) is 20.3. The lowest BCUT2D eigenvalue weighted by Crippen LogP contribution is -2.18. The van der Waals surface area contributed by atoms with Gasteiger partial charge in [0.25, 0.3) is 0 Å². The Kier molecular flexibility index (Phi) is 7.07. The molecular formula is C22H27O4P. The number of benzene rings is 2. The molecule has 2 rings (SSSR count). The van der Waals surface area contributed by atoms with Crippen molar-refractivity contribution in [1.82, 2.24) is 0 Å². The molecule has 144 valence electrons. The van der Waals surface area contributed by atoms with Crippen molar-refractivity contribution >= 4 is 19.4 Å². The van der Waals surface area contributed by atoms with E-state index in [0.29, 0.717) is 16.7 Å². The van der Waals surface area contributed by atoms with E-state index < -0.39 is 20.5 Å². The zero-order valence-electron chi connectivity index (χ0n) is 16.5. The topological polar surface area (TPSA) is 80.6 Å². The van der Waals surface area contributed by atoms with Gasteiger partial charge in [0.2, 0.25) is 0 Å². The minimum Gasteiger partial charge on any atom is -0.630 e. The maximum absolute atomic E-state index is 13.4. The number of carbonyl (C=O) groups is 1. The highest BCUT2D eigenvalue weighted by atomic mass is 31.1. The van der Waals surface area contributed by atoms with Crippen LogP contribution in [-0.4, -0.2) is 40.7 Å². The number of aliphatic hydroxyl groups is 2. The van der Waals surface area contributed by atoms with Gasteiger partial charge >= 0.3 is 0 Å². The molecule has 2 aromatic carbocycles. The summed E-state index contributed by atoms with van der Waals surface area (Å²) in [4.78, 5) is 25.8. The second-order valence-corrected chi connectivity index (χ2v) is 8.67. The number of aryl methyl sites for hydroxylation is 5. The fourth-order valence-corrected chi connectivity index (χ4v) is 4.70. The molecule has 0 aliphatic carbocycles. The molecule has 2 N–H and O–H groups in total. The number of ketones is 1. The quantitative estimate of drug-likeness (QED) is 0.591. The summed E-state index contributed by atoms with van der Waals surface area (Å²) in [6.45, 7) is 9.23. The molecule has 2 unspecified atom stereocenters. The summed E-state index contributed by atoms with van der Waals surface area (Å²) in [5.41, 5.74) is 6.57. The molecule has 0 radical (unpaired) electrons. The lowest BCUT2D eigenvalue weighted by molar-refractivity contribution is -0.154. The Morgan fingerprint density at radius 2 is 1.48 bits per heavy atom. The molecule has 0 fully saturated rings. The zero-order valence-corrected chi connectivity index (χ0v) is 17.4. The Bertz CT molecular complexity index is 876. The molecular weight excluding hydrogens is 359 g/mol. The van der Waals surface area contributed by atoms with Gasteiger partial charge in [-0.1, -0.05) is 29.3 Å². The van der Waals surface area contributed by atoms with E-state index in [-0.39, 0.29) is 11.9 Å². The molecule has 5 heteroatoms. The monoisotopic (exact) mass is 386 g/mol. The molecule has 0 heterocycles. The first-order chi connectivity index (χ1) is 12.6. The molecule has 4 nitrogen and oxygen atoms in total. The van der Waals surface area contributed by atoms with Crippen molar-refractivity contribution in [2.24, 2.45) is 0 Å². The summed E-state index contributed by atoms with van der Waals surface area (Å²) < 4.78 is 0. The van der Waals surface area contributed by atoms with E-state index in [9.17, 15) is 14.8 Å². The Hall–Kier alpha value is -1.84. The Labute approximate surface area is 162 Å². The van der Waals surface area contributed by atoms with Gasteiger partial charge in [0.1, 0.15) is 18.1 Å². The summed E-state index contributed by atoms with van der Waals surface area (Å²) in [6.07, 6.45) is -1.06. The number of carbonyl (C=O) groups excluding carboxylic acids is 1. The van der Waals surface area contributed by atoms with E-state index in [1.165, 1.54) is 0 Å². The van der Waals surface area contributed by atoms with Gasteiger partial charge in [0.05, 0.1) is 14.4 Å². The number of aliphatic hydroxyl groups excluding tert-OH is 2. The molecule has 27 heavy (non-hydrogen) atoms. The molecule has 2 atom stereocenters. The van der Waals surface area contributed by atoms with Crippen LogP contribution in [0.4, 0.5) is 0 Å². The summed E-state index contributed by atoms with van der Waals surface area (Å²) in [5.74, 6) is 1.46. The summed E-state index contributed by atoms with van der Waals surface area (Å²) in [7, 11) is -1.89. The van der Waals surface area contributed by atoms with Gasteiger partial charge in [0.15, 0.2) is 5.78 Å². The maximum atomic E-state index is 13.4. The third-order valence-electron chi connectivity index (χ3n) is 4.53. The maximum Gasteiger partial charge on any atom is 0.194 e. The van der Waals surface area contributed by atoms with Crippen LogP contribution in [0.2, 0.25) is 0 Å². The highest BCUT2D eigenvalue weighted by Gasteiger charge is 2.21. The lowest BCUT2D eigenvalue weighted by atomic mass is 9.88. The largest absolute Gasteiger partial charge is 0.630 e. The van der Waals surface area contributed by atoms with Gasteiger partial charge in [-0.25, -0.2) is 0 Å². The molecule has 2 aromatic rings. The van der Waals surface area contributed by atoms with Crippen LogP contribution in [0.15, 0.2) is 24.3 Å². The number of hydrogen-bond acceptors (Lipinski definition) is 4. The number of hydrogen-bond donors (Lipinski definition) is 2. The van der Waals surface area contributed by atoms with Gasteiger partial charge < -0.3 is 15.1 Å². The lowest BCUT2D eigenvalue weighted by Gasteiger charge is -2.15. The Morgan fingerprint density at radius 3 is 2.00 bits per heavy atom. The fourth-order valence-electron chi connectivity index (χ4n) is 3.55. The van der Waals surface area contributed by atoms with Gasteiger partial charge in [-0.3, -0.25) is 4.79 Å². The molecule has 0 saturated heterocycles. The van der Waals surface area contributed by atoms with Gasteiger partial charge in [-0.05, 0) is 57.4 Å². The second-order valence-electron chi connectivity index (χ2n) is 7.21. The van der Waals surface area contributed by atoms with Gasteiger partial charge in [0, 0.05) is 16.7 Å². The first-order valence-electron chi connectivity index (χ1n) is 8.95. The van der Waals surface area contributed by atoms with Crippen molar-refractivity contribution in [1.29, 1.82) is 0 Å². The van der Waals surface area contributed by atoms with E-state index in [1.807, 2.05) is 58.9 Å². The average Bonchev–Trinajstić information content (AvgIpc) is 2.52. The average molecular weight is 386 g/mol. The molecule has 0 aliphatic heterocycles. The fraction of sp³-hybridized carbons (Fsp3) is 0.364. The Balaban J connectivity index is 2.60. The normalized spacial score (nSPS) is 13.0. The van der Waals surface area contributed by atoms with Crippen molar-refractivity contribution in [2.45, 2.75) is 40.7 Å². The number of rotatable bonds is 6. The highest BCUT2D eigenvalue weighted by Crippen LogP contribution is 2.26. The molecule has 0 aliphatic rings. The third kappa shape index (κ3) is 5.12. The van der Waals surface area contributed by atoms with Crippen LogP contribution in [0.5, 0.6) is 0 Å². The Morgan fingerprint density at radius 1 is 1.00 bits per heavy atom. The van der Waals surface area contributed by atoms with Gasteiger partial charge in [-0.2, -0.15) is 0 Å². The van der Waals surface area contributed by atoms with Crippen molar-refractivity contribution in [3.05, 3.63) is 68.8 Å². The van der Waals surface area contributed by atoms with E-state index in [1.54, 1.807) is 5.80 Å². The first-order valence-corrected chi connectivity index (χ1v) is 10.5. The predicted molar refractivity (Wildman–Crippen MR) is 110 cm³/mol.